The molecule has 0 spiro atoms. The van der Waals surface area contributed by atoms with Crippen LogP contribution in [0, 0.1) is 11.3 Å². The number of ether oxygens (including phenoxy) is 1. The third kappa shape index (κ3) is 3.08. The molecule has 3 rings (SSSR count). The third-order valence-electron chi connectivity index (χ3n) is 4.49. The van der Waals surface area contributed by atoms with Gasteiger partial charge in [-0.2, -0.15) is 5.26 Å². The monoisotopic (exact) mass is 326 g/mol. The second-order valence-electron chi connectivity index (χ2n) is 6.08. The van der Waals surface area contributed by atoms with Crippen molar-refractivity contribution in [3.63, 3.8) is 0 Å². The van der Waals surface area contributed by atoms with Crippen molar-refractivity contribution in [2.75, 3.05) is 13.2 Å². The van der Waals surface area contributed by atoms with Crippen molar-refractivity contribution in [2.24, 2.45) is 5.73 Å². The Balaban J connectivity index is 1.77. The lowest BCUT2D eigenvalue weighted by Gasteiger charge is -2.23. The molecule has 1 aromatic carbocycles. The number of nitriles is 1. The molecule has 1 fully saturated rings. The summed E-state index contributed by atoms with van der Waals surface area (Å²) in [6.45, 7) is 3.17. The van der Waals surface area contributed by atoms with Gasteiger partial charge in [0.2, 0.25) is 5.91 Å². The molecule has 1 saturated heterocycles. The van der Waals surface area contributed by atoms with E-state index < -0.39 is 6.04 Å². The number of carbonyl (C=O) groups is 1. The maximum Gasteiger partial charge on any atom is 0.240 e. The Labute approximate surface area is 141 Å². The molecule has 2 heterocycles. The van der Waals surface area contributed by atoms with E-state index in [9.17, 15) is 4.79 Å². The number of nitrogens with one attached hydrogen (secondary N) is 1. The zero-order valence-electron chi connectivity index (χ0n) is 13.8. The van der Waals surface area contributed by atoms with Crippen LogP contribution in [-0.4, -0.2) is 41.0 Å². The number of aromatic amines is 1. The lowest BCUT2D eigenvalue weighted by Crippen LogP contribution is -2.46. The van der Waals surface area contributed by atoms with Crippen LogP contribution in [-0.2, 0) is 11.2 Å². The number of aromatic nitrogens is 1. The maximum absolute atomic E-state index is 12.6. The number of hydrogen-bond donors (Lipinski definition) is 2. The summed E-state index contributed by atoms with van der Waals surface area (Å²) in [6, 6.07) is 7.05. The van der Waals surface area contributed by atoms with Gasteiger partial charge in [-0.05, 0) is 49.9 Å². The topological polar surface area (TPSA) is 95.1 Å². The van der Waals surface area contributed by atoms with Gasteiger partial charge in [0.15, 0.2) is 0 Å². The number of benzene rings is 1. The van der Waals surface area contributed by atoms with E-state index in [-0.39, 0.29) is 11.9 Å². The summed E-state index contributed by atoms with van der Waals surface area (Å²) in [4.78, 5) is 17.4. The molecule has 24 heavy (non-hydrogen) atoms. The molecule has 1 amide bonds. The van der Waals surface area contributed by atoms with Gasteiger partial charge in [0.1, 0.15) is 11.8 Å². The third-order valence-corrected chi connectivity index (χ3v) is 4.49. The van der Waals surface area contributed by atoms with Crippen molar-refractivity contribution in [1.29, 1.82) is 5.26 Å². The first-order valence-electron chi connectivity index (χ1n) is 8.32. The maximum atomic E-state index is 12.6. The molecule has 6 heteroatoms. The second-order valence-corrected chi connectivity index (χ2v) is 6.08. The van der Waals surface area contributed by atoms with Gasteiger partial charge in [-0.1, -0.05) is 0 Å². The van der Waals surface area contributed by atoms with E-state index >= 15 is 0 Å². The Morgan fingerprint density at radius 2 is 2.42 bits per heavy atom. The summed E-state index contributed by atoms with van der Waals surface area (Å²) in [5.74, 6) is 0.657. The van der Waals surface area contributed by atoms with E-state index in [4.69, 9.17) is 15.7 Å². The van der Waals surface area contributed by atoms with E-state index in [1.54, 1.807) is 4.90 Å². The Bertz CT molecular complexity index is 777. The molecule has 1 aromatic heterocycles. The number of nitrogens with two attached hydrogens (primary N) is 1. The first kappa shape index (κ1) is 16.3. The summed E-state index contributed by atoms with van der Waals surface area (Å²) < 4.78 is 5.54. The van der Waals surface area contributed by atoms with Gasteiger partial charge in [0.25, 0.3) is 0 Å². The van der Waals surface area contributed by atoms with Crippen LogP contribution < -0.4 is 10.5 Å². The van der Waals surface area contributed by atoms with Crippen molar-refractivity contribution in [1.82, 2.24) is 9.88 Å². The van der Waals surface area contributed by atoms with Crippen LogP contribution >= 0.6 is 0 Å². The average Bonchev–Trinajstić information content (AvgIpc) is 3.21. The minimum Gasteiger partial charge on any atom is -0.494 e. The highest BCUT2D eigenvalue weighted by Crippen LogP contribution is 2.25. The molecule has 0 unspecified atom stereocenters. The number of hydrogen-bond acceptors (Lipinski definition) is 4. The molecule has 6 nitrogen and oxygen atoms in total. The van der Waals surface area contributed by atoms with Crippen molar-refractivity contribution < 1.29 is 9.53 Å². The Morgan fingerprint density at radius 1 is 1.58 bits per heavy atom. The minimum absolute atomic E-state index is 0.144. The van der Waals surface area contributed by atoms with E-state index in [0.29, 0.717) is 19.6 Å². The smallest absolute Gasteiger partial charge is 0.240 e. The predicted molar refractivity (Wildman–Crippen MR) is 91.5 cm³/mol. The fourth-order valence-corrected chi connectivity index (χ4v) is 3.28. The van der Waals surface area contributed by atoms with Crippen LogP contribution in [0.2, 0.25) is 0 Å². The molecular formula is C18H22N4O2. The zero-order chi connectivity index (χ0) is 17.1. The molecule has 2 aromatic rings. The van der Waals surface area contributed by atoms with E-state index in [1.807, 2.05) is 31.3 Å². The van der Waals surface area contributed by atoms with Crippen LogP contribution in [0.15, 0.2) is 24.4 Å². The van der Waals surface area contributed by atoms with Crippen LogP contribution in [0.5, 0.6) is 5.75 Å². The fraction of sp³-hybridized carbons (Fsp3) is 0.444. The minimum atomic E-state index is -0.645. The quantitative estimate of drug-likeness (QED) is 0.878. The summed E-state index contributed by atoms with van der Waals surface area (Å²) in [5.41, 5.74) is 8.12. The number of H-pyrrole nitrogens is 1. The molecule has 0 aliphatic carbocycles. The molecule has 2 atom stereocenters. The second kappa shape index (κ2) is 6.93. The molecule has 3 N–H and O–H groups in total. The van der Waals surface area contributed by atoms with Gasteiger partial charge in [-0.25, -0.2) is 0 Å². The number of fused-ring (bicyclic) bond motifs is 1. The van der Waals surface area contributed by atoms with Crippen molar-refractivity contribution >= 4 is 16.8 Å². The number of carbonyl (C=O) groups excluding carboxylic acids is 1. The standard InChI is InChI=1S/C18H22N4O2/c1-2-24-14-5-6-17-15(9-14)12(11-21-17)8-16(20)18(23)22-7-3-4-13(22)10-19/h5-6,9,11,13,16,21H,2-4,7-8,20H2,1H3/t13-,16-/m0/s1. The van der Waals surface area contributed by atoms with Gasteiger partial charge in [0.05, 0.1) is 18.7 Å². The summed E-state index contributed by atoms with van der Waals surface area (Å²) in [5, 5.41) is 10.2. The molecule has 0 radical (unpaired) electrons. The van der Waals surface area contributed by atoms with Crippen LogP contribution in [0.4, 0.5) is 0 Å². The summed E-state index contributed by atoms with van der Waals surface area (Å²) >= 11 is 0. The predicted octanol–water partition coefficient (Wildman–Crippen LogP) is 1.95. The van der Waals surface area contributed by atoms with Crippen molar-refractivity contribution in [3.8, 4) is 11.8 Å². The van der Waals surface area contributed by atoms with E-state index in [2.05, 4.69) is 11.1 Å². The molecule has 0 bridgehead atoms. The first-order chi connectivity index (χ1) is 11.6. The van der Waals surface area contributed by atoms with Gasteiger partial charge < -0.3 is 20.4 Å². The van der Waals surface area contributed by atoms with Crippen LogP contribution in [0.1, 0.15) is 25.3 Å². The van der Waals surface area contributed by atoms with Crippen LogP contribution in [0.3, 0.4) is 0 Å². The van der Waals surface area contributed by atoms with Gasteiger partial charge >= 0.3 is 0 Å². The first-order valence-corrected chi connectivity index (χ1v) is 8.32. The molecule has 126 valence electrons. The number of rotatable bonds is 5. The molecular weight excluding hydrogens is 304 g/mol. The normalized spacial score (nSPS) is 18.5. The molecule has 0 saturated carbocycles. The SMILES string of the molecule is CCOc1ccc2[nH]cc(C[C@H](N)C(=O)N3CCC[C@H]3C#N)c2c1. The van der Waals surface area contributed by atoms with Crippen molar-refractivity contribution in [3.05, 3.63) is 30.0 Å². The number of nitrogens with zero attached hydrogens (tertiary/aromatic N) is 2. The highest BCUT2D eigenvalue weighted by atomic mass is 16.5. The lowest BCUT2D eigenvalue weighted by atomic mass is 10.0. The van der Waals surface area contributed by atoms with Gasteiger partial charge in [-0.3, -0.25) is 4.79 Å². The van der Waals surface area contributed by atoms with Crippen molar-refractivity contribution in [2.45, 2.75) is 38.3 Å². The summed E-state index contributed by atoms with van der Waals surface area (Å²) in [7, 11) is 0. The average molecular weight is 326 g/mol. The van der Waals surface area contributed by atoms with Gasteiger partial charge in [0, 0.05) is 23.6 Å². The number of likely N-dealkylation sites (tertiary alicyclic amines) is 1. The largest absolute Gasteiger partial charge is 0.494 e. The Hall–Kier alpha value is -2.52. The highest BCUT2D eigenvalue weighted by Gasteiger charge is 2.31. The Kier molecular flexibility index (Phi) is 4.72. The lowest BCUT2D eigenvalue weighted by molar-refractivity contribution is -0.132. The Morgan fingerprint density at radius 3 is 3.17 bits per heavy atom. The van der Waals surface area contributed by atoms with Gasteiger partial charge in [-0.15, -0.1) is 0 Å². The van der Waals surface area contributed by atoms with E-state index in [1.165, 1.54) is 0 Å². The zero-order valence-corrected chi connectivity index (χ0v) is 13.8. The highest BCUT2D eigenvalue weighted by molar-refractivity contribution is 5.87. The van der Waals surface area contributed by atoms with Crippen LogP contribution in [0.25, 0.3) is 10.9 Å². The number of amides is 1. The molecule has 1 aliphatic rings. The van der Waals surface area contributed by atoms with E-state index in [0.717, 1.165) is 35.1 Å². The fourth-order valence-electron chi connectivity index (χ4n) is 3.28. The molecule has 1 aliphatic heterocycles. The summed E-state index contributed by atoms with van der Waals surface area (Å²) in [6.07, 6.45) is 3.92.